The summed E-state index contributed by atoms with van der Waals surface area (Å²) in [7, 11) is 1.30. The van der Waals surface area contributed by atoms with E-state index in [1.54, 1.807) is 6.92 Å². The topological polar surface area (TPSA) is 75.6 Å². The molecule has 2 atom stereocenters. The van der Waals surface area contributed by atoms with Crippen LogP contribution in [0, 0.1) is 0 Å². The van der Waals surface area contributed by atoms with Crippen molar-refractivity contribution in [1.82, 2.24) is 5.32 Å². The van der Waals surface area contributed by atoms with Crippen LogP contribution in [-0.2, 0) is 14.3 Å². The fourth-order valence-corrected chi connectivity index (χ4v) is 2.24. The van der Waals surface area contributed by atoms with E-state index in [1.165, 1.54) is 18.4 Å². The molecule has 0 saturated heterocycles. The lowest BCUT2D eigenvalue weighted by atomic mass is 10.1. The maximum Gasteiger partial charge on any atom is 0.322 e. The molecule has 0 bridgehead atoms. The first kappa shape index (κ1) is 13.7. The lowest BCUT2D eigenvalue weighted by molar-refractivity contribution is -0.144. The van der Waals surface area contributed by atoms with E-state index in [1.807, 2.05) is 17.5 Å². The Hall–Kier alpha value is -1.40. The summed E-state index contributed by atoms with van der Waals surface area (Å²) in [5.74, 6) is -1.31. The molecule has 0 radical (unpaired) electrons. The third-order valence-electron chi connectivity index (χ3n) is 2.27. The summed E-state index contributed by atoms with van der Waals surface area (Å²) in [6.07, 6.45) is -0.0676. The van der Waals surface area contributed by atoms with Gasteiger partial charge in [0.25, 0.3) is 0 Å². The number of rotatable bonds is 6. The summed E-state index contributed by atoms with van der Waals surface area (Å²) in [6, 6.07) is 2.78. The van der Waals surface area contributed by atoms with Crippen molar-refractivity contribution < 1.29 is 19.4 Å². The number of aliphatic carboxylic acids is 1. The number of hydrogen-bond donors (Lipinski definition) is 2. The van der Waals surface area contributed by atoms with E-state index in [2.05, 4.69) is 10.1 Å². The van der Waals surface area contributed by atoms with Crippen molar-refractivity contribution >= 4 is 23.3 Å². The molecule has 6 heteroatoms. The van der Waals surface area contributed by atoms with Gasteiger partial charge in [0.05, 0.1) is 19.6 Å². The third kappa shape index (κ3) is 4.16. The van der Waals surface area contributed by atoms with Gasteiger partial charge in [0.2, 0.25) is 0 Å². The first-order valence-electron chi connectivity index (χ1n) is 5.13. The second-order valence-electron chi connectivity index (χ2n) is 3.58. The van der Waals surface area contributed by atoms with Crippen LogP contribution in [0.1, 0.15) is 24.3 Å². The number of nitrogens with one attached hydrogen (secondary N) is 1. The minimum Gasteiger partial charge on any atom is -0.481 e. The smallest absolute Gasteiger partial charge is 0.322 e. The van der Waals surface area contributed by atoms with Crippen LogP contribution in [0.3, 0.4) is 0 Å². The molecular weight excluding hydrogens is 242 g/mol. The van der Waals surface area contributed by atoms with E-state index in [0.29, 0.717) is 0 Å². The summed E-state index contributed by atoms with van der Waals surface area (Å²) in [5.41, 5.74) is 0. The second kappa shape index (κ2) is 6.36. The zero-order valence-corrected chi connectivity index (χ0v) is 10.5. The maximum atomic E-state index is 11.3. The standard InChI is InChI=1S/C11H15NO4S/c1-7(11(15)16-2)12-8(6-10(13)14)9-4-3-5-17-9/h3-5,7-8,12H,6H2,1-2H3,(H,13,14). The van der Waals surface area contributed by atoms with Crippen molar-refractivity contribution in [2.75, 3.05) is 7.11 Å². The zero-order valence-electron chi connectivity index (χ0n) is 9.67. The molecule has 0 aliphatic rings. The number of thiophene rings is 1. The van der Waals surface area contributed by atoms with Crippen LogP contribution in [0.2, 0.25) is 0 Å². The normalized spacial score (nSPS) is 14.0. The van der Waals surface area contributed by atoms with Gasteiger partial charge in [0.1, 0.15) is 6.04 Å². The Morgan fingerprint density at radius 3 is 2.76 bits per heavy atom. The Balaban J connectivity index is 2.71. The van der Waals surface area contributed by atoms with Gasteiger partial charge in [0.15, 0.2) is 0 Å². The minimum absolute atomic E-state index is 0.0676. The van der Waals surface area contributed by atoms with E-state index >= 15 is 0 Å². The summed E-state index contributed by atoms with van der Waals surface area (Å²) in [4.78, 5) is 22.9. The molecule has 1 aromatic rings. The first-order chi connectivity index (χ1) is 8.04. The van der Waals surface area contributed by atoms with Crippen molar-refractivity contribution in [2.45, 2.75) is 25.4 Å². The van der Waals surface area contributed by atoms with E-state index in [0.717, 1.165) is 4.88 Å². The number of methoxy groups -OCH3 is 1. The van der Waals surface area contributed by atoms with Gasteiger partial charge in [-0.25, -0.2) is 0 Å². The molecule has 0 spiro atoms. The molecule has 0 amide bonds. The van der Waals surface area contributed by atoms with Gasteiger partial charge in [0, 0.05) is 4.88 Å². The van der Waals surface area contributed by atoms with Crippen LogP contribution in [-0.4, -0.2) is 30.2 Å². The van der Waals surface area contributed by atoms with Crippen LogP contribution in [0.25, 0.3) is 0 Å². The summed E-state index contributed by atoms with van der Waals surface area (Å²) in [5, 5.41) is 13.7. The maximum absolute atomic E-state index is 11.3. The molecule has 1 aromatic heterocycles. The molecule has 2 N–H and O–H groups in total. The average Bonchev–Trinajstić information content (AvgIpc) is 2.79. The van der Waals surface area contributed by atoms with Crippen molar-refractivity contribution in [3.8, 4) is 0 Å². The molecule has 0 saturated carbocycles. The Kier molecular flexibility index (Phi) is 5.11. The van der Waals surface area contributed by atoms with Crippen LogP contribution in [0.4, 0.5) is 0 Å². The Morgan fingerprint density at radius 1 is 1.59 bits per heavy atom. The van der Waals surface area contributed by atoms with Gasteiger partial charge >= 0.3 is 11.9 Å². The van der Waals surface area contributed by atoms with Crippen molar-refractivity contribution in [3.05, 3.63) is 22.4 Å². The largest absolute Gasteiger partial charge is 0.481 e. The fourth-order valence-electron chi connectivity index (χ4n) is 1.45. The Labute approximate surface area is 103 Å². The molecule has 0 fully saturated rings. The third-order valence-corrected chi connectivity index (χ3v) is 3.26. The Morgan fingerprint density at radius 2 is 2.29 bits per heavy atom. The van der Waals surface area contributed by atoms with Gasteiger partial charge in [-0.1, -0.05) is 6.07 Å². The second-order valence-corrected chi connectivity index (χ2v) is 4.56. The zero-order chi connectivity index (χ0) is 12.8. The van der Waals surface area contributed by atoms with Gasteiger partial charge < -0.3 is 9.84 Å². The van der Waals surface area contributed by atoms with Gasteiger partial charge in [-0.3, -0.25) is 14.9 Å². The monoisotopic (exact) mass is 257 g/mol. The molecule has 0 aliphatic heterocycles. The first-order valence-corrected chi connectivity index (χ1v) is 6.01. The quantitative estimate of drug-likeness (QED) is 0.754. The number of carboxylic acid groups (broad SMARTS) is 1. The molecule has 94 valence electrons. The van der Waals surface area contributed by atoms with E-state index in [4.69, 9.17) is 5.11 Å². The lowest BCUT2D eigenvalue weighted by Crippen LogP contribution is -2.38. The molecule has 5 nitrogen and oxygen atoms in total. The predicted molar refractivity (Wildman–Crippen MR) is 63.9 cm³/mol. The number of esters is 1. The number of hydrogen-bond acceptors (Lipinski definition) is 5. The number of carbonyl (C=O) groups is 2. The van der Waals surface area contributed by atoms with Crippen molar-refractivity contribution in [2.24, 2.45) is 0 Å². The number of carbonyl (C=O) groups excluding carboxylic acids is 1. The van der Waals surface area contributed by atoms with Crippen LogP contribution in [0.15, 0.2) is 17.5 Å². The van der Waals surface area contributed by atoms with Crippen molar-refractivity contribution in [1.29, 1.82) is 0 Å². The number of carboxylic acids is 1. The fraction of sp³-hybridized carbons (Fsp3) is 0.455. The molecule has 1 heterocycles. The van der Waals surface area contributed by atoms with Crippen molar-refractivity contribution in [3.63, 3.8) is 0 Å². The predicted octanol–water partition coefficient (Wildman–Crippen LogP) is 1.41. The van der Waals surface area contributed by atoms with Crippen LogP contribution in [0.5, 0.6) is 0 Å². The molecular formula is C11H15NO4S. The van der Waals surface area contributed by atoms with E-state index in [-0.39, 0.29) is 12.5 Å². The molecule has 17 heavy (non-hydrogen) atoms. The highest BCUT2D eigenvalue weighted by atomic mass is 32.1. The SMILES string of the molecule is COC(=O)C(C)NC(CC(=O)O)c1cccs1. The van der Waals surface area contributed by atoms with E-state index in [9.17, 15) is 9.59 Å². The lowest BCUT2D eigenvalue weighted by Gasteiger charge is -2.19. The Bertz CT molecular complexity index is 377. The molecule has 2 unspecified atom stereocenters. The van der Waals surface area contributed by atoms with Gasteiger partial charge in [-0.2, -0.15) is 0 Å². The summed E-state index contributed by atoms with van der Waals surface area (Å²) < 4.78 is 4.59. The van der Waals surface area contributed by atoms with Crippen LogP contribution < -0.4 is 5.32 Å². The summed E-state index contributed by atoms with van der Waals surface area (Å²) >= 11 is 1.46. The molecule has 0 aromatic carbocycles. The summed E-state index contributed by atoms with van der Waals surface area (Å²) in [6.45, 7) is 1.65. The molecule has 0 aliphatic carbocycles. The van der Waals surface area contributed by atoms with E-state index < -0.39 is 18.0 Å². The highest BCUT2D eigenvalue weighted by Crippen LogP contribution is 2.22. The highest BCUT2D eigenvalue weighted by Gasteiger charge is 2.22. The van der Waals surface area contributed by atoms with Gasteiger partial charge in [-0.15, -0.1) is 11.3 Å². The van der Waals surface area contributed by atoms with Crippen LogP contribution >= 0.6 is 11.3 Å². The minimum atomic E-state index is -0.909. The molecule has 1 rings (SSSR count). The number of ether oxygens (including phenoxy) is 1. The van der Waals surface area contributed by atoms with Gasteiger partial charge in [-0.05, 0) is 18.4 Å². The average molecular weight is 257 g/mol. The highest BCUT2D eigenvalue weighted by molar-refractivity contribution is 7.10.